The van der Waals surface area contributed by atoms with Gasteiger partial charge in [0.2, 0.25) is 0 Å². The molecule has 0 fully saturated rings. The topological polar surface area (TPSA) is 43.6 Å². The van der Waals surface area contributed by atoms with Crippen molar-refractivity contribution in [3.8, 4) is 62.1 Å². The van der Waals surface area contributed by atoms with Gasteiger partial charge in [-0.1, -0.05) is 140 Å². The number of rotatable bonds is 6. The molecule has 53 heavy (non-hydrogen) atoms. The lowest BCUT2D eigenvalue weighted by molar-refractivity contribution is -0.137. The molecule has 0 atom stereocenters. The number of hydrogen-bond acceptors (Lipinski definition) is 3. The second kappa shape index (κ2) is 13.0. The van der Waals surface area contributed by atoms with Crippen molar-refractivity contribution in [2.45, 2.75) is 6.18 Å². The number of hydrogen-bond donors (Lipinski definition) is 0. The lowest BCUT2D eigenvalue weighted by Crippen LogP contribution is -2.07. The van der Waals surface area contributed by atoms with Gasteiger partial charge in [-0.15, -0.1) is 0 Å². The molecule has 0 aliphatic heterocycles. The summed E-state index contributed by atoms with van der Waals surface area (Å²) >= 11 is 0. The normalized spacial score (nSPS) is 11.7. The van der Waals surface area contributed by atoms with Crippen molar-refractivity contribution in [2.75, 3.05) is 0 Å². The van der Waals surface area contributed by atoms with Gasteiger partial charge in [-0.25, -0.2) is 15.0 Å². The van der Waals surface area contributed by atoms with E-state index in [1.165, 1.54) is 12.1 Å². The minimum Gasteiger partial charge on any atom is -0.308 e. The van der Waals surface area contributed by atoms with E-state index in [2.05, 4.69) is 41.0 Å². The predicted octanol–water partition coefficient (Wildman–Crippen LogP) is 12.3. The maximum atomic E-state index is 14.4. The molecule has 2 aromatic heterocycles. The second-order valence-corrected chi connectivity index (χ2v) is 12.8. The van der Waals surface area contributed by atoms with Crippen LogP contribution in [-0.2, 0) is 6.18 Å². The summed E-state index contributed by atoms with van der Waals surface area (Å²) in [6.07, 6.45) is -4.54. The first-order valence-electron chi connectivity index (χ1n) is 17.2. The highest BCUT2D eigenvalue weighted by Crippen LogP contribution is 2.42. The number of benzene rings is 7. The van der Waals surface area contributed by atoms with Crippen molar-refractivity contribution in [2.24, 2.45) is 0 Å². The fourth-order valence-corrected chi connectivity index (χ4v) is 7.03. The van der Waals surface area contributed by atoms with E-state index in [9.17, 15) is 13.2 Å². The molecule has 7 heteroatoms. The summed E-state index contributed by atoms with van der Waals surface area (Å²) in [6.45, 7) is 0. The quantitative estimate of drug-likeness (QED) is 0.174. The first-order valence-corrected chi connectivity index (χ1v) is 17.2. The number of fused-ring (bicyclic) bond motifs is 3. The Kier molecular flexibility index (Phi) is 7.89. The average Bonchev–Trinajstić information content (AvgIpc) is 3.55. The van der Waals surface area contributed by atoms with Gasteiger partial charge in [-0.2, -0.15) is 13.2 Å². The first-order chi connectivity index (χ1) is 25.9. The summed E-state index contributed by atoms with van der Waals surface area (Å²) in [7, 11) is 0. The molecule has 0 aliphatic rings. The van der Waals surface area contributed by atoms with Crippen molar-refractivity contribution < 1.29 is 13.2 Å². The number of nitrogens with zero attached hydrogens (tertiary/aromatic N) is 4. The van der Waals surface area contributed by atoms with Crippen LogP contribution in [0.25, 0.3) is 83.9 Å². The molecule has 4 nitrogen and oxygen atoms in total. The highest BCUT2D eigenvalue weighted by atomic mass is 19.4. The maximum Gasteiger partial charge on any atom is 0.417 e. The van der Waals surface area contributed by atoms with Crippen LogP contribution in [0.15, 0.2) is 176 Å². The van der Waals surface area contributed by atoms with E-state index in [1.54, 1.807) is 12.1 Å². The Morgan fingerprint density at radius 3 is 1.57 bits per heavy atom. The zero-order chi connectivity index (χ0) is 35.9. The van der Waals surface area contributed by atoms with Gasteiger partial charge in [0.25, 0.3) is 0 Å². The number of halogens is 3. The lowest BCUT2D eigenvalue weighted by Gasteiger charge is -2.18. The molecule has 254 valence electrons. The van der Waals surface area contributed by atoms with Crippen LogP contribution in [-0.4, -0.2) is 19.5 Å². The van der Waals surface area contributed by atoms with Gasteiger partial charge in [0.15, 0.2) is 17.5 Å². The molecule has 0 amide bonds. The van der Waals surface area contributed by atoms with E-state index >= 15 is 0 Å². The molecule has 9 aromatic rings. The van der Waals surface area contributed by atoms with Crippen LogP contribution in [0.2, 0.25) is 0 Å². The van der Waals surface area contributed by atoms with Gasteiger partial charge in [-0.05, 0) is 58.7 Å². The van der Waals surface area contributed by atoms with Crippen molar-refractivity contribution >= 4 is 21.8 Å². The van der Waals surface area contributed by atoms with Crippen LogP contribution in [0.5, 0.6) is 0 Å². The van der Waals surface area contributed by atoms with Crippen LogP contribution in [0, 0.1) is 0 Å². The van der Waals surface area contributed by atoms with Gasteiger partial charge in [-0.3, -0.25) is 0 Å². The van der Waals surface area contributed by atoms with Crippen molar-refractivity contribution in [3.05, 3.63) is 181 Å². The van der Waals surface area contributed by atoms with Crippen LogP contribution in [0.3, 0.4) is 0 Å². The maximum absolute atomic E-state index is 14.4. The van der Waals surface area contributed by atoms with Crippen molar-refractivity contribution in [1.29, 1.82) is 0 Å². The molecule has 0 saturated heterocycles. The van der Waals surface area contributed by atoms with E-state index in [0.717, 1.165) is 50.1 Å². The highest BCUT2D eigenvalue weighted by molar-refractivity contribution is 6.11. The molecular weight excluding hydrogens is 666 g/mol. The Labute approximate surface area is 303 Å². The summed E-state index contributed by atoms with van der Waals surface area (Å²) in [5.41, 5.74) is 6.67. The van der Waals surface area contributed by atoms with E-state index in [-0.39, 0.29) is 5.56 Å². The van der Waals surface area contributed by atoms with Gasteiger partial charge >= 0.3 is 6.18 Å². The van der Waals surface area contributed by atoms with Gasteiger partial charge in [0.05, 0.1) is 22.3 Å². The Balaban J connectivity index is 1.36. The molecule has 0 bridgehead atoms. The summed E-state index contributed by atoms with van der Waals surface area (Å²) in [4.78, 5) is 14.9. The zero-order valence-electron chi connectivity index (χ0n) is 28.2. The molecule has 0 spiro atoms. The molecular formula is C46H29F3N4. The molecule has 9 rings (SSSR count). The predicted molar refractivity (Wildman–Crippen MR) is 206 cm³/mol. The standard InChI is InChI=1S/C46H29F3N4/c47-46(48,49)39-22-12-10-20-35(39)34-24-26-37(45-51-43(31-16-6-2-7-17-31)50-44(52-45)32-18-8-3-9-19-32)42(29-34)53-40-23-13-11-21-36(40)38-28-33(25-27-41(38)53)30-14-4-1-5-15-30/h1-29H. The van der Waals surface area contributed by atoms with Crippen molar-refractivity contribution in [3.63, 3.8) is 0 Å². The zero-order valence-corrected chi connectivity index (χ0v) is 28.2. The van der Waals surface area contributed by atoms with Crippen LogP contribution in [0.1, 0.15) is 5.56 Å². The summed E-state index contributed by atoms with van der Waals surface area (Å²) in [6, 6.07) is 55.1. The molecule has 7 aromatic carbocycles. The fourth-order valence-electron chi connectivity index (χ4n) is 7.03. The first kappa shape index (κ1) is 32.1. The van der Waals surface area contributed by atoms with Gasteiger partial charge in [0.1, 0.15) is 0 Å². The van der Waals surface area contributed by atoms with Crippen LogP contribution in [0.4, 0.5) is 13.2 Å². The van der Waals surface area contributed by atoms with E-state index in [1.807, 2.05) is 109 Å². The summed E-state index contributed by atoms with van der Waals surface area (Å²) in [5.74, 6) is 1.37. The third-order valence-corrected chi connectivity index (χ3v) is 9.50. The smallest absolute Gasteiger partial charge is 0.308 e. The monoisotopic (exact) mass is 694 g/mol. The Morgan fingerprint density at radius 1 is 0.377 bits per heavy atom. The summed E-state index contributed by atoms with van der Waals surface area (Å²) in [5, 5.41) is 2.03. The summed E-state index contributed by atoms with van der Waals surface area (Å²) < 4.78 is 45.4. The van der Waals surface area contributed by atoms with Crippen molar-refractivity contribution in [1.82, 2.24) is 19.5 Å². The minimum atomic E-state index is -4.54. The lowest BCUT2D eigenvalue weighted by atomic mass is 9.97. The Morgan fingerprint density at radius 2 is 0.906 bits per heavy atom. The van der Waals surface area contributed by atoms with E-state index in [4.69, 9.17) is 15.0 Å². The van der Waals surface area contributed by atoms with E-state index in [0.29, 0.717) is 34.3 Å². The molecule has 0 saturated carbocycles. The fraction of sp³-hybridized carbons (Fsp3) is 0.0217. The van der Waals surface area contributed by atoms with Crippen LogP contribution >= 0.6 is 0 Å². The average molecular weight is 695 g/mol. The molecule has 2 heterocycles. The number of para-hydroxylation sites is 1. The van der Waals surface area contributed by atoms with Crippen LogP contribution < -0.4 is 0 Å². The third kappa shape index (κ3) is 5.92. The Bertz CT molecular complexity index is 2700. The second-order valence-electron chi connectivity index (χ2n) is 12.8. The highest BCUT2D eigenvalue weighted by Gasteiger charge is 2.33. The molecule has 0 unspecified atom stereocenters. The number of aromatic nitrogens is 4. The SMILES string of the molecule is FC(F)(F)c1ccccc1-c1ccc(-c2nc(-c3ccccc3)nc(-c3ccccc3)n2)c(-n2c3ccccc3c3cc(-c4ccccc4)ccc32)c1. The molecule has 0 N–H and O–H groups in total. The minimum absolute atomic E-state index is 0.0885. The number of alkyl halides is 3. The van der Waals surface area contributed by atoms with E-state index < -0.39 is 11.7 Å². The Hall–Kier alpha value is -6.86. The third-order valence-electron chi connectivity index (χ3n) is 9.50. The van der Waals surface area contributed by atoms with Gasteiger partial charge < -0.3 is 4.57 Å². The van der Waals surface area contributed by atoms with Gasteiger partial charge in [0, 0.05) is 27.5 Å². The molecule has 0 radical (unpaired) electrons. The molecule has 0 aliphatic carbocycles. The largest absolute Gasteiger partial charge is 0.417 e.